The molecule has 130 valence electrons. The molecule has 1 amide bonds. The fourth-order valence-corrected chi connectivity index (χ4v) is 3.28. The van der Waals surface area contributed by atoms with Gasteiger partial charge in [0.25, 0.3) is 0 Å². The molecule has 0 spiro atoms. The number of amides is 1. The lowest BCUT2D eigenvalue weighted by molar-refractivity contribution is -0.116. The number of aryl methyl sites for hydroxylation is 4. The smallest absolute Gasteiger partial charge is 0.326 e. The Hall–Kier alpha value is -2.82. The first-order chi connectivity index (χ1) is 12.0. The van der Waals surface area contributed by atoms with E-state index in [9.17, 15) is 9.59 Å². The van der Waals surface area contributed by atoms with Crippen molar-refractivity contribution in [3.63, 3.8) is 0 Å². The Balaban J connectivity index is 1.77. The number of aromatic nitrogens is 2. The molecule has 0 aliphatic carbocycles. The minimum atomic E-state index is -0.0924. The van der Waals surface area contributed by atoms with Crippen molar-refractivity contribution < 1.29 is 4.79 Å². The Morgan fingerprint density at radius 3 is 2.20 bits per heavy atom. The van der Waals surface area contributed by atoms with E-state index in [1.165, 1.54) is 0 Å². The van der Waals surface area contributed by atoms with Gasteiger partial charge in [0.15, 0.2) is 0 Å². The number of carbonyl (C=O) groups is 1. The van der Waals surface area contributed by atoms with Crippen LogP contribution in [0.25, 0.3) is 11.0 Å². The summed E-state index contributed by atoms with van der Waals surface area (Å²) in [5.74, 6) is -0.0924. The van der Waals surface area contributed by atoms with Crippen LogP contribution in [0, 0.1) is 13.8 Å². The van der Waals surface area contributed by atoms with Crippen LogP contribution in [0.5, 0.6) is 0 Å². The predicted octanol–water partition coefficient (Wildman–Crippen LogP) is 3.47. The van der Waals surface area contributed by atoms with Crippen LogP contribution in [-0.4, -0.2) is 15.0 Å². The minimum absolute atomic E-state index is 0.0668. The second kappa shape index (κ2) is 6.97. The lowest BCUT2D eigenvalue weighted by atomic mass is 10.1. The zero-order valence-electron chi connectivity index (χ0n) is 14.9. The van der Waals surface area contributed by atoms with Gasteiger partial charge in [0, 0.05) is 25.2 Å². The molecule has 5 heteroatoms. The number of anilines is 1. The molecule has 3 aromatic rings. The minimum Gasteiger partial charge on any atom is -0.326 e. The van der Waals surface area contributed by atoms with Gasteiger partial charge < -0.3 is 5.32 Å². The number of benzene rings is 2. The normalized spacial score (nSPS) is 11.0. The van der Waals surface area contributed by atoms with Crippen molar-refractivity contribution >= 4 is 22.6 Å². The molecule has 0 saturated heterocycles. The van der Waals surface area contributed by atoms with E-state index in [0.29, 0.717) is 13.1 Å². The summed E-state index contributed by atoms with van der Waals surface area (Å²) in [7, 11) is 0. The predicted molar refractivity (Wildman–Crippen MR) is 101 cm³/mol. The third-order valence-electron chi connectivity index (χ3n) is 4.31. The standard InChI is InChI=1S/C20H23N3O2/c1-4-22-17-7-5-6-8-18(17)23(20(22)25)10-9-19(24)21-16-12-14(2)11-15(3)13-16/h5-8,11-13H,4,9-10H2,1-3H3,(H,21,24). The molecule has 3 rings (SSSR count). The Bertz CT molecular complexity index is 962. The van der Waals surface area contributed by atoms with Crippen LogP contribution in [0.1, 0.15) is 24.5 Å². The third-order valence-corrected chi connectivity index (χ3v) is 4.31. The molecule has 0 aliphatic rings. The molecule has 5 nitrogen and oxygen atoms in total. The fourth-order valence-electron chi connectivity index (χ4n) is 3.28. The van der Waals surface area contributed by atoms with E-state index in [-0.39, 0.29) is 18.0 Å². The van der Waals surface area contributed by atoms with E-state index in [2.05, 4.69) is 11.4 Å². The van der Waals surface area contributed by atoms with E-state index in [1.54, 1.807) is 9.13 Å². The topological polar surface area (TPSA) is 56.0 Å². The molecule has 0 fully saturated rings. The van der Waals surface area contributed by atoms with Crippen molar-refractivity contribution in [2.24, 2.45) is 0 Å². The lowest BCUT2D eigenvalue weighted by Crippen LogP contribution is -2.25. The van der Waals surface area contributed by atoms with E-state index < -0.39 is 0 Å². The zero-order chi connectivity index (χ0) is 18.0. The van der Waals surface area contributed by atoms with Gasteiger partial charge in [-0.05, 0) is 56.2 Å². The van der Waals surface area contributed by atoms with Crippen molar-refractivity contribution in [1.29, 1.82) is 0 Å². The Labute approximate surface area is 146 Å². The van der Waals surface area contributed by atoms with E-state index >= 15 is 0 Å². The van der Waals surface area contributed by atoms with Gasteiger partial charge in [0.05, 0.1) is 11.0 Å². The van der Waals surface area contributed by atoms with Gasteiger partial charge in [-0.25, -0.2) is 4.79 Å². The first-order valence-corrected chi connectivity index (χ1v) is 8.56. The SMILES string of the molecule is CCn1c(=O)n(CCC(=O)Nc2cc(C)cc(C)c2)c2ccccc21. The number of hydrogen-bond donors (Lipinski definition) is 1. The van der Waals surface area contributed by atoms with Crippen LogP contribution in [0.15, 0.2) is 47.3 Å². The average molecular weight is 337 g/mol. The average Bonchev–Trinajstić information content (AvgIpc) is 2.83. The Kier molecular flexibility index (Phi) is 4.74. The van der Waals surface area contributed by atoms with Gasteiger partial charge in [-0.3, -0.25) is 13.9 Å². The fraction of sp³-hybridized carbons (Fsp3) is 0.300. The molecular formula is C20H23N3O2. The zero-order valence-corrected chi connectivity index (χ0v) is 14.9. The third kappa shape index (κ3) is 3.50. The van der Waals surface area contributed by atoms with Gasteiger partial charge in [0.2, 0.25) is 5.91 Å². The molecule has 0 aliphatic heterocycles. The molecule has 0 atom stereocenters. The van der Waals surface area contributed by atoms with Crippen molar-refractivity contribution in [1.82, 2.24) is 9.13 Å². The number of imidazole rings is 1. The van der Waals surface area contributed by atoms with E-state index in [1.807, 2.05) is 57.2 Å². The Morgan fingerprint density at radius 1 is 1.00 bits per heavy atom. The van der Waals surface area contributed by atoms with Crippen molar-refractivity contribution in [3.8, 4) is 0 Å². The molecule has 0 unspecified atom stereocenters. The molecular weight excluding hydrogens is 314 g/mol. The highest BCUT2D eigenvalue weighted by molar-refractivity contribution is 5.91. The summed E-state index contributed by atoms with van der Waals surface area (Å²) in [6.45, 7) is 6.93. The summed E-state index contributed by atoms with van der Waals surface area (Å²) < 4.78 is 3.41. The molecule has 1 heterocycles. The van der Waals surface area contributed by atoms with Crippen molar-refractivity contribution in [2.75, 3.05) is 5.32 Å². The maximum atomic E-state index is 12.6. The Morgan fingerprint density at radius 2 is 1.60 bits per heavy atom. The van der Waals surface area contributed by atoms with Crippen LogP contribution < -0.4 is 11.0 Å². The molecule has 1 N–H and O–H groups in total. The highest BCUT2D eigenvalue weighted by Gasteiger charge is 2.13. The first-order valence-electron chi connectivity index (χ1n) is 8.56. The van der Waals surface area contributed by atoms with Crippen LogP contribution in [0.4, 0.5) is 5.69 Å². The van der Waals surface area contributed by atoms with Crippen LogP contribution in [0.3, 0.4) is 0 Å². The maximum absolute atomic E-state index is 12.6. The van der Waals surface area contributed by atoms with E-state index in [0.717, 1.165) is 27.8 Å². The highest BCUT2D eigenvalue weighted by atomic mass is 16.2. The number of fused-ring (bicyclic) bond motifs is 1. The largest absolute Gasteiger partial charge is 0.329 e. The number of carbonyl (C=O) groups excluding carboxylic acids is 1. The van der Waals surface area contributed by atoms with Gasteiger partial charge in [-0.15, -0.1) is 0 Å². The van der Waals surface area contributed by atoms with Crippen LogP contribution >= 0.6 is 0 Å². The summed E-state index contributed by atoms with van der Waals surface area (Å²) in [6, 6.07) is 13.6. The van der Waals surface area contributed by atoms with Gasteiger partial charge in [-0.1, -0.05) is 18.2 Å². The molecule has 0 radical (unpaired) electrons. The van der Waals surface area contributed by atoms with Gasteiger partial charge >= 0.3 is 5.69 Å². The van der Waals surface area contributed by atoms with Crippen molar-refractivity contribution in [2.45, 2.75) is 40.3 Å². The monoisotopic (exact) mass is 337 g/mol. The highest BCUT2D eigenvalue weighted by Crippen LogP contribution is 2.15. The number of nitrogens with zero attached hydrogens (tertiary/aromatic N) is 2. The summed E-state index contributed by atoms with van der Waals surface area (Å²) in [5, 5.41) is 2.92. The van der Waals surface area contributed by atoms with E-state index in [4.69, 9.17) is 0 Å². The lowest BCUT2D eigenvalue weighted by Gasteiger charge is -2.08. The van der Waals surface area contributed by atoms with Crippen LogP contribution in [0.2, 0.25) is 0 Å². The molecule has 1 aromatic heterocycles. The van der Waals surface area contributed by atoms with Gasteiger partial charge in [-0.2, -0.15) is 0 Å². The summed E-state index contributed by atoms with van der Waals surface area (Å²) in [5.41, 5.74) is 4.72. The van der Waals surface area contributed by atoms with Crippen LogP contribution in [-0.2, 0) is 17.9 Å². The number of para-hydroxylation sites is 2. The summed E-state index contributed by atoms with van der Waals surface area (Å²) in [6.07, 6.45) is 0.255. The van der Waals surface area contributed by atoms with Gasteiger partial charge in [0.1, 0.15) is 0 Å². The quantitative estimate of drug-likeness (QED) is 0.775. The number of hydrogen-bond acceptors (Lipinski definition) is 2. The maximum Gasteiger partial charge on any atom is 0.329 e. The number of nitrogens with one attached hydrogen (secondary N) is 1. The second-order valence-electron chi connectivity index (χ2n) is 6.34. The second-order valence-corrected chi connectivity index (χ2v) is 6.34. The summed E-state index contributed by atoms with van der Waals surface area (Å²) in [4.78, 5) is 24.9. The van der Waals surface area contributed by atoms with Crippen molar-refractivity contribution in [3.05, 3.63) is 64.1 Å². The molecule has 2 aromatic carbocycles. The molecule has 25 heavy (non-hydrogen) atoms. The molecule has 0 bridgehead atoms. The summed E-state index contributed by atoms with van der Waals surface area (Å²) >= 11 is 0. The molecule has 0 saturated carbocycles. The number of rotatable bonds is 5. The first kappa shape index (κ1) is 17.0.